The Morgan fingerprint density at radius 3 is 2.53 bits per heavy atom. The molecule has 1 aromatic heterocycles. The molecule has 0 saturated heterocycles. The quantitative estimate of drug-likeness (QED) is 0.872. The van der Waals surface area contributed by atoms with Crippen molar-refractivity contribution in [2.24, 2.45) is 0 Å². The fraction of sp³-hybridized carbons (Fsp3) is 0.615. The van der Waals surface area contributed by atoms with Gasteiger partial charge in [0.1, 0.15) is 11.2 Å². The summed E-state index contributed by atoms with van der Waals surface area (Å²) < 4.78 is 0. The Labute approximate surface area is 101 Å². The summed E-state index contributed by atoms with van der Waals surface area (Å²) in [4.78, 5) is 19.9. The number of carbonyl (C=O) groups is 1. The molecular weight excluding hydrogens is 216 g/mol. The molecule has 4 nitrogen and oxygen atoms in total. The number of aliphatic carboxylic acids is 1. The first-order valence-corrected chi connectivity index (χ1v) is 6.00. The van der Waals surface area contributed by atoms with Crippen molar-refractivity contribution in [3.8, 4) is 0 Å². The van der Waals surface area contributed by atoms with E-state index in [0.29, 0.717) is 11.7 Å². The molecular formula is C13H18N2O2. The minimum absolute atomic E-state index is 0.423. The lowest BCUT2D eigenvalue weighted by Crippen LogP contribution is -2.32. The maximum absolute atomic E-state index is 11.2. The molecule has 0 radical (unpaired) electrons. The van der Waals surface area contributed by atoms with Gasteiger partial charge in [-0.15, -0.1) is 0 Å². The topological polar surface area (TPSA) is 63.1 Å². The first-order chi connectivity index (χ1) is 7.91. The van der Waals surface area contributed by atoms with Gasteiger partial charge in [0.25, 0.3) is 0 Å². The summed E-state index contributed by atoms with van der Waals surface area (Å²) in [5.41, 5.74) is 0.837. The van der Waals surface area contributed by atoms with Crippen LogP contribution in [-0.2, 0) is 10.2 Å². The Morgan fingerprint density at radius 2 is 2.06 bits per heavy atom. The van der Waals surface area contributed by atoms with Crippen LogP contribution in [0.2, 0.25) is 0 Å². The molecule has 1 N–H and O–H groups in total. The van der Waals surface area contributed by atoms with E-state index in [1.165, 1.54) is 6.42 Å². The van der Waals surface area contributed by atoms with Gasteiger partial charge in [-0.1, -0.05) is 6.42 Å². The highest BCUT2D eigenvalue weighted by Crippen LogP contribution is 2.36. The number of carboxylic acid groups (broad SMARTS) is 1. The molecule has 1 saturated carbocycles. The maximum Gasteiger partial charge on any atom is 0.316 e. The highest BCUT2D eigenvalue weighted by molar-refractivity contribution is 5.78. The molecule has 0 unspecified atom stereocenters. The summed E-state index contributed by atoms with van der Waals surface area (Å²) >= 11 is 0. The second-order valence-corrected chi connectivity index (χ2v) is 5.32. The van der Waals surface area contributed by atoms with Crippen molar-refractivity contribution in [2.75, 3.05) is 0 Å². The fourth-order valence-electron chi connectivity index (χ4n) is 1.88. The van der Waals surface area contributed by atoms with Crippen LogP contribution >= 0.6 is 0 Å². The Kier molecular flexibility index (Phi) is 2.89. The van der Waals surface area contributed by atoms with Gasteiger partial charge < -0.3 is 5.11 Å². The molecule has 0 bridgehead atoms. The van der Waals surface area contributed by atoms with Crippen molar-refractivity contribution in [1.82, 2.24) is 9.97 Å². The molecule has 1 fully saturated rings. The Morgan fingerprint density at radius 1 is 1.41 bits per heavy atom. The third-order valence-electron chi connectivity index (χ3n) is 3.49. The zero-order chi connectivity index (χ0) is 12.6. The number of aryl methyl sites for hydroxylation is 1. The second-order valence-electron chi connectivity index (χ2n) is 5.32. The number of nitrogens with zero attached hydrogens (tertiary/aromatic N) is 2. The van der Waals surface area contributed by atoms with E-state index in [0.717, 1.165) is 24.2 Å². The largest absolute Gasteiger partial charge is 0.481 e. The number of hydrogen-bond donors (Lipinski definition) is 1. The van der Waals surface area contributed by atoms with E-state index < -0.39 is 11.4 Å². The van der Waals surface area contributed by atoms with Gasteiger partial charge in [0, 0.05) is 17.3 Å². The van der Waals surface area contributed by atoms with Crippen molar-refractivity contribution in [2.45, 2.75) is 51.4 Å². The summed E-state index contributed by atoms with van der Waals surface area (Å²) in [5.74, 6) is 0.0367. The van der Waals surface area contributed by atoms with Crippen LogP contribution in [0.5, 0.6) is 0 Å². The molecule has 0 spiro atoms. The minimum atomic E-state index is -1.02. The number of aromatic nitrogens is 2. The molecule has 2 rings (SSSR count). The molecule has 4 heteroatoms. The number of hydrogen-bond acceptors (Lipinski definition) is 3. The first-order valence-electron chi connectivity index (χ1n) is 6.00. The molecule has 0 aromatic carbocycles. The third kappa shape index (κ3) is 2.16. The van der Waals surface area contributed by atoms with Crippen LogP contribution in [0, 0.1) is 6.92 Å². The summed E-state index contributed by atoms with van der Waals surface area (Å²) in [6, 6.07) is 1.98. The normalized spacial score (nSPS) is 16.6. The van der Waals surface area contributed by atoms with Crippen molar-refractivity contribution in [1.29, 1.82) is 0 Å². The highest BCUT2D eigenvalue weighted by Gasteiger charge is 2.34. The van der Waals surface area contributed by atoms with Crippen molar-refractivity contribution >= 4 is 5.97 Å². The van der Waals surface area contributed by atoms with Crippen LogP contribution in [0.15, 0.2) is 6.07 Å². The van der Waals surface area contributed by atoms with E-state index in [2.05, 4.69) is 9.97 Å². The molecule has 1 heterocycles. The highest BCUT2D eigenvalue weighted by atomic mass is 16.4. The summed E-state index contributed by atoms with van der Waals surface area (Å²) in [6.45, 7) is 5.19. The second kappa shape index (κ2) is 4.09. The fourth-order valence-corrected chi connectivity index (χ4v) is 1.88. The van der Waals surface area contributed by atoms with Crippen LogP contribution in [0.4, 0.5) is 0 Å². The van der Waals surface area contributed by atoms with Gasteiger partial charge in [-0.3, -0.25) is 4.79 Å². The summed E-state index contributed by atoms with van der Waals surface area (Å²) in [5, 5.41) is 9.21. The van der Waals surface area contributed by atoms with Gasteiger partial charge in [0.05, 0.1) is 0 Å². The number of carboxylic acids is 1. The van der Waals surface area contributed by atoms with Gasteiger partial charge in [0.2, 0.25) is 0 Å². The molecule has 1 aliphatic rings. The third-order valence-corrected chi connectivity index (χ3v) is 3.49. The predicted molar refractivity (Wildman–Crippen MR) is 64.0 cm³/mol. The minimum Gasteiger partial charge on any atom is -0.481 e. The standard InChI is InChI=1S/C13H18N2O2/c1-8-7-10(9-5-4-6-9)15-11(14-8)13(2,3)12(16)17/h7,9H,4-6H2,1-3H3,(H,16,17). The SMILES string of the molecule is Cc1cc(C2CCC2)nc(C(C)(C)C(=O)O)n1. The zero-order valence-corrected chi connectivity index (χ0v) is 10.5. The smallest absolute Gasteiger partial charge is 0.316 e. The average molecular weight is 234 g/mol. The van der Waals surface area contributed by atoms with E-state index in [9.17, 15) is 9.90 Å². The van der Waals surface area contributed by atoms with Gasteiger partial charge in [-0.05, 0) is 39.7 Å². The maximum atomic E-state index is 11.2. The first kappa shape index (κ1) is 12.0. The van der Waals surface area contributed by atoms with Gasteiger partial charge in [-0.25, -0.2) is 9.97 Å². The monoisotopic (exact) mass is 234 g/mol. The molecule has 0 aliphatic heterocycles. The lowest BCUT2D eigenvalue weighted by Gasteiger charge is -2.26. The van der Waals surface area contributed by atoms with Crippen LogP contribution < -0.4 is 0 Å². The molecule has 0 atom stereocenters. The molecule has 92 valence electrons. The van der Waals surface area contributed by atoms with E-state index in [-0.39, 0.29) is 0 Å². The zero-order valence-electron chi connectivity index (χ0n) is 10.5. The number of rotatable bonds is 3. The van der Waals surface area contributed by atoms with Gasteiger partial charge >= 0.3 is 5.97 Å². The van der Waals surface area contributed by atoms with Crippen LogP contribution in [-0.4, -0.2) is 21.0 Å². The summed E-state index contributed by atoms with van der Waals surface area (Å²) in [7, 11) is 0. The van der Waals surface area contributed by atoms with E-state index in [4.69, 9.17) is 0 Å². The van der Waals surface area contributed by atoms with E-state index in [1.807, 2.05) is 13.0 Å². The Bertz CT molecular complexity index is 451. The molecule has 1 aromatic rings. The molecule has 0 amide bonds. The van der Waals surface area contributed by atoms with Crippen molar-refractivity contribution in [3.63, 3.8) is 0 Å². The Hall–Kier alpha value is -1.45. The summed E-state index contributed by atoms with van der Waals surface area (Å²) in [6.07, 6.45) is 3.55. The van der Waals surface area contributed by atoms with Crippen LogP contribution in [0.25, 0.3) is 0 Å². The van der Waals surface area contributed by atoms with Crippen LogP contribution in [0.1, 0.15) is 56.2 Å². The van der Waals surface area contributed by atoms with Gasteiger partial charge in [0.15, 0.2) is 0 Å². The Balaban J connectivity index is 2.40. The molecule has 17 heavy (non-hydrogen) atoms. The predicted octanol–water partition coefficient (Wildman–Crippen LogP) is 2.41. The molecule has 1 aliphatic carbocycles. The average Bonchev–Trinajstić information content (AvgIpc) is 2.13. The van der Waals surface area contributed by atoms with Gasteiger partial charge in [-0.2, -0.15) is 0 Å². The van der Waals surface area contributed by atoms with Crippen LogP contribution in [0.3, 0.4) is 0 Å². The van der Waals surface area contributed by atoms with E-state index in [1.54, 1.807) is 13.8 Å². The lowest BCUT2D eigenvalue weighted by atomic mass is 9.82. The lowest BCUT2D eigenvalue weighted by molar-refractivity contribution is -0.142. The van der Waals surface area contributed by atoms with Crippen molar-refractivity contribution < 1.29 is 9.90 Å². The van der Waals surface area contributed by atoms with E-state index >= 15 is 0 Å². The van der Waals surface area contributed by atoms with Crippen molar-refractivity contribution in [3.05, 3.63) is 23.3 Å².